The molecule has 0 amide bonds. The molecule has 0 radical (unpaired) electrons. The molecule has 0 unspecified atom stereocenters. The summed E-state index contributed by atoms with van der Waals surface area (Å²) in [5.41, 5.74) is 3.50. The molecule has 1 aliphatic heterocycles. The van der Waals surface area contributed by atoms with Crippen LogP contribution in [0.25, 0.3) is 11.3 Å². The SMILES string of the molecule is N#Cc1ccc(-c2ccc(=O)n(Cc3cccc(CC(=O)OCCN4CCOCC4)c3)n2)cc1. The maximum absolute atomic E-state index is 12.4. The zero-order chi connectivity index (χ0) is 23.8. The molecular formula is C26H26N4O4. The van der Waals surface area contributed by atoms with E-state index in [0.29, 0.717) is 24.4 Å². The van der Waals surface area contributed by atoms with Gasteiger partial charge in [0.2, 0.25) is 0 Å². The zero-order valence-corrected chi connectivity index (χ0v) is 18.9. The third kappa shape index (κ3) is 6.38. The molecular weight excluding hydrogens is 432 g/mol. The van der Waals surface area contributed by atoms with Gasteiger partial charge in [0.05, 0.1) is 43.5 Å². The molecule has 1 fully saturated rings. The fourth-order valence-electron chi connectivity index (χ4n) is 3.77. The molecule has 34 heavy (non-hydrogen) atoms. The largest absolute Gasteiger partial charge is 0.464 e. The number of esters is 1. The highest BCUT2D eigenvalue weighted by Gasteiger charge is 2.12. The Hall–Kier alpha value is -3.80. The summed E-state index contributed by atoms with van der Waals surface area (Å²) in [6.45, 7) is 4.50. The summed E-state index contributed by atoms with van der Waals surface area (Å²) in [6.07, 6.45) is 0.171. The first-order valence-electron chi connectivity index (χ1n) is 11.2. The van der Waals surface area contributed by atoms with Crippen LogP contribution < -0.4 is 5.56 Å². The number of morpholine rings is 1. The van der Waals surface area contributed by atoms with Crippen molar-refractivity contribution in [3.8, 4) is 17.3 Å². The smallest absolute Gasteiger partial charge is 0.310 e. The van der Waals surface area contributed by atoms with Crippen molar-refractivity contribution in [2.45, 2.75) is 13.0 Å². The first-order chi connectivity index (χ1) is 16.6. The molecule has 8 nitrogen and oxygen atoms in total. The van der Waals surface area contributed by atoms with E-state index in [9.17, 15) is 9.59 Å². The number of hydrogen-bond acceptors (Lipinski definition) is 7. The van der Waals surface area contributed by atoms with Crippen molar-refractivity contribution in [1.82, 2.24) is 14.7 Å². The number of nitrogens with zero attached hydrogens (tertiary/aromatic N) is 4. The Balaban J connectivity index is 1.37. The molecule has 0 bridgehead atoms. The monoisotopic (exact) mass is 458 g/mol. The predicted octanol–water partition coefficient (Wildman–Crippen LogP) is 2.25. The van der Waals surface area contributed by atoms with Crippen molar-refractivity contribution < 1.29 is 14.3 Å². The molecule has 0 atom stereocenters. The molecule has 174 valence electrons. The zero-order valence-electron chi connectivity index (χ0n) is 18.9. The standard InChI is InChI=1S/C26H26N4O4/c27-18-20-4-6-23(7-5-20)24-8-9-25(31)30(28-24)19-22-3-1-2-21(16-22)17-26(32)34-15-12-29-10-13-33-14-11-29/h1-9,16H,10-15,17,19H2. The highest BCUT2D eigenvalue weighted by molar-refractivity contribution is 5.72. The minimum absolute atomic E-state index is 0.171. The lowest BCUT2D eigenvalue weighted by Crippen LogP contribution is -2.38. The van der Waals surface area contributed by atoms with E-state index in [-0.39, 0.29) is 24.5 Å². The first kappa shape index (κ1) is 23.4. The second kappa shape index (κ2) is 11.4. The van der Waals surface area contributed by atoms with Crippen LogP contribution in [0.3, 0.4) is 0 Å². The molecule has 3 aromatic rings. The third-order valence-electron chi connectivity index (χ3n) is 5.62. The molecule has 0 saturated carbocycles. The second-order valence-corrected chi connectivity index (χ2v) is 8.07. The summed E-state index contributed by atoms with van der Waals surface area (Å²) < 4.78 is 12.1. The molecule has 1 saturated heterocycles. The van der Waals surface area contributed by atoms with Crippen LogP contribution in [0.5, 0.6) is 0 Å². The van der Waals surface area contributed by atoms with Crippen LogP contribution in [0.1, 0.15) is 16.7 Å². The molecule has 2 aromatic carbocycles. The number of rotatable bonds is 8. The Labute approximate surface area is 198 Å². The normalized spacial score (nSPS) is 13.9. The van der Waals surface area contributed by atoms with Crippen molar-refractivity contribution in [3.63, 3.8) is 0 Å². The van der Waals surface area contributed by atoms with Crippen molar-refractivity contribution in [3.05, 3.63) is 87.7 Å². The second-order valence-electron chi connectivity index (χ2n) is 8.07. The number of carbonyl (C=O) groups excluding carboxylic acids is 1. The van der Waals surface area contributed by atoms with Crippen LogP contribution in [0.4, 0.5) is 0 Å². The van der Waals surface area contributed by atoms with Crippen LogP contribution in [-0.4, -0.2) is 60.1 Å². The lowest BCUT2D eigenvalue weighted by molar-refractivity contribution is -0.143. The molecule has 2 heterocycles. The molecule has 1 aliphatic rings. The lowest BCUT2D eigenvalue weighted by Gasteiger charge is -2.26. The Kier molecular flexibility index (Phi) is 7.81. The highest BCUT2D eigenvalue weighted by Crippen LogP contribution is 2.16. The van der Waals surface area contributed by atoms with E-state index in [0.717, 1.165) is 43.0 Å². The Bertz CT molecular complexity index is 1220. The Morgan fingerprint density at radius 3 is 2.59 bits per heavy atom. The Morgan fingerprint density at radius 2 is 1.82 bits per heavy atom. The van der Waals surface area contributed by atoms with Gasteiger partial charge in [0.15, 0.2) is 0 Å². The van der Waals surface area contributed by atoms with Gasteiger partial charge in [-0.3, -0.25) is 14.5 Å². The van der Waals surface area contributed by atoms with Crippen LogP contribution >= 0.6 is 0 Å². The third-order valence-corrected chi connectivity index (χ3v) is 5.62. The van der Waals surface area contributed by atoms with E-state index < -0.39 is 0 Å². The van der Waals surface area contributed by atoms with Gasteiger partial charge in [-0.2, -0.15) is 10.4 Å². The number of aromatic nitrogens is 2. The van der Waals surface area contributed by atoms with Gasteiger partial charge in [0.1, 0.15) is 6.61 Å². The summed E-state index contributed by atoms with van der Waals surface area (Å²) >= 11 is 0. The van der Waals surface area contributed by atoms with Crippen LogP contribution in [0, 0.1) is 11.3 Å². The minimum atomic E-state index is -0.275. The van der Waals surface area contributed by atoms with E-state index in [1.165, 1.54) is 10.7 Å². The van der Waals surface area contributed by atoms with Gasteiger partial charge in [0, 0.05) is 31.3 Å². The average Bonchev–Trinajstić information content (AvgIpc) is 2.86. The van der Waals surface area contributed by atoms with Crippen molar-refractivity contribution in [1.29, 1.82) is 5.26 Å². The Morgan fingerprint density at radius 1 is 1.06 bits per heavy atom. The summed E-state index contributed by atoms with van der Waals surface area (Å²) in [5, 5.41) is 13.5. The van der Waals surface area contributed by atoms with Crippen molar-refractivity contribution in [2.75, 3.05) is 39.5 Å². The van der Waals surface area contributed by atoms with E-state index in [1.807, 2.05) is 24.3 Å². The van der Waals surface area contributed by atoms with Gasteiger partial charge in [-0.25, -0.2) is 4.68 Å². The van der Waals surface area contributed by atoms with Gasteiger partial charge in [-0.15, -0.1) is 0 Å². The van der Waals surface area contributed by atoms with Gasteiger partial charge >= 0.3 is 5.97 Å². The number of hydrogen-bond donors (Lipinski definition) is 0. The molecule has 0 aliphatic carbocycles. The van der Waals surface area contributed by atoms with E-state index in [4.69, 9.17) is 14.7 Å². The molecule has 0 spiro atoms. The van der Waals surface area contributed by atoms with E-state index in [1.54, 1.807) is 30.3 Å². The molecule has 1 aromatic heterocycles. The highest BCUT2D eigenvalue weighted by atomic mass is 16.5. The molecule has 0 N–H and O–H groups in total. The van der Waals surface area contributed by atoms with Gasteiger partial charge in [-0.1, -0.05) is 36.4 Å². The van der Waals surface area contributed by atoms with E-state index in [2.05, 4.69) is 16.1 Å². The predicted molar refractivity (Wildman–Crippen MR) is 126 cm³/mol. The van der Waals surface area contributed by atoms with Gasteiger partial charge < -0.3 is 9.47 Å². The summed E-state index contributed by atoms with van der Waals surface area (Å²) in [4.78, 5) is 26.9. The minimum Gasteiger partial charge on any atom is -0.464 e. The average molecular weight is 459 g/mol. The summed E-state index contributed by atoms with van der Waals surface area (Å²) in [7, 11) is 0. The van der Waals surface area contributed by atoms with Gasteiger partial charge in [-0.05, 0) is 29.3 Å². The number of nitriles is 1. The maximum atomic E-state index is 12.4. The maximum Gasteiger partial charge on any atom is 0.310 e. The van der Waals surface area contributed by atoms with Crippen LogP contribution in [-0.2, 0) is 27.2 Å². The fourth-order valence-corrected chi connectivity index (χ4v) is 3.77. The van der Waals surface area contributed by atoms with Crippen molar-refractivity contribution in [2.24, 2.45) is 0 Å². The number of ether oxygens (including phenoxy) is 2. The quantitative estimate of drug-likeness (QED) is 0.478. The summed E-state index contributed by atoms with van der Waals surface area (Å²) in [5.74, 6) is -0.275. The van der Waals surface area contributed by atoms with Crippen LogP contribution in [0.15, 0.2) is 65.5 Å². The van der Waals surface area contributed by atoms with Crippen molar-refractivity contribution >= 4 is 5.97 Å². The van der Waals surface area contributed by atoms with E-state index >= 15 is 0 Å². The first-order valence-corrected chi connectivity index (χ1v) is 11.2. The summed E-state index contributed by atoms with van der Waals surface area (Å²) in [6, 6.07) is 19.8. The molecule has 4 rings (SSSR count). The van der Waals surface area contributed by atoms with Gasteiger partial charge in [0.25, 0.3) is 5.56 Å². The van der Waals surface area contributed by atoms with Crippen LogP contribution in [0.2, 0.25) is 0 Å². The number of carbonyl (C=O) groups is 1. The topological polar surface area (TPSA) is 97.5 Å². The number of benzene rings is 2. The fraction of sp³-hybridized carbons (Fsp3) is 0.308. The molecule has 8 heteroatoms. The lowest BCUT2D eigenvalue weighted by atomic mass is 10.1.